The topological polar surface area (TPSA) is 43.1 Å². The molecule has 3 nitrogen and oxygen atoms in total. The average molecular weight is 185 g/mol. The molecule has 0 aliphatic rings. The van der Waals surface area contributed by atoms with Gasteiger partial charge in [-0.2, -0.15) is 0 Å². The third-order valence-electron chi connectivity index (χ3n) is 1.49. The maximum Gasteiger partial charge on any atom is 0.279 e. The minimum Gasteiger partial charge on any atom is -0.258 e. The number of hydrogen-bond donors (Lipinski definition) is 0. The van der Waals surface area contributed by atoms with Crippen molar-refractivity contribution < 1.29 is 13.7 Å². The van der Waals surface area contributed by atoms with Gasteiger partial charge in [0.05, 0.1) is 16.6 Å². The van der Waals surface area contributed by atoms with Gasteiger partial charge in [0, 0.05) is 0 Å². The molecule has 0 aliphatic carbocycles. The molecule has 0 bridgehead atoms. The molecule has 68 valence electrons. The van der Waals surface area contributed by atoms with Gasteiger partial charge < -0.3 is 0 Å². The molecule has 13 heavy (non-hydrogen) atoms. The molecule has 0 N–H and O–H groups in total. The number of rotatable bonds is 2. The number of benzene rings is 1. The first-order valence-electron chi connectivity index (χ1n) is 3.32. The van der Waals surface area contributed by atoms with Crippen LogP contribution in [-0.2, 0) is 0 Å². The maximum absolute atomic E-state index is 12.6. The van der Waals surface area contributed by atoms with E-state index >= 15 is 0 Å². The fraction of sp³-hybridized carbons (Fsp3) is 0. The quantitative estimate of drug-likeness (QED) is 0.524. The summed E-state index contributed by atoms with van der Waals surface area (Å²) >= 11 is 0. The van der Waals surface area contributed by atoms with Gasteiger partial charge in [-0.05, 0) is 6.07 Å². The SMILES string of the molecule is C=Cc1cc(F)c(F)cc1[N+](=O)[O-]. The highest BCUT2D eigenvalue weighted by molar-refractivity contribution is 5.59. The zero-order chi connectivity index (χ0) is 10.0. The van der Waals surface area contributed by atoms with Gasteiger partial charge in [-0.15, -0.1) is 0 Å². The third kappa shape index (κ3) is 1.69. The molecule has 1 rings (SSSR count). The Morgan fingerprint density at radius 2 is 1.92 bits per heavy atom. The van der Waals surface area contributed by atoms with Crippen LogP contribution >= 0.6 is 0 Å². The summed E-state index contributed by atoms with van der Waals surface area (Å²) in [5.74, 6) is -2.36. The molecule has 0 unspecified atom stereocenters. The van der Waals surface area contributed by atoms with Crippen LogP contribution < -0.4 is 0 Å². The zero-order valence-electron chi connectivity index (χ0n) is 6.46. The summed E-state index contributed by atoms with van der Waals surface area (Å²) in [6.45, 7) is 3.25. The summed E-state index contributed by atoms with van der Waals surface area (Å²) in [7, 11) is 0. The van der Waals surface area contributed by atoms with E-state index in [9.17, 15) is 18.9 Å². The largest absolute Gasteiger partial charge is 0.279 e. The van der Waals surface area contributed by atoms with Gasteiger partial charge in [0.2, 0.25) is 0 Å². The Kier molecular flexibility index (Phi) is 2.36. The molecule has 0 spiro atoms. The Hall–Kier alpha value is -1.78. The second-order valence-electron chi connectivity index (χ2n) is 2.29. The fourth-order valence-electron chi connectivity index (χ4n) is 0.873. The smallest absolute Gasteiger partial charge is 0.258 e. The van der Waals surface area contributed by atoms with Crippen molar-refractivity contribution in [2.24, 2.45) is 0 Å². The van der Waals surface area contributed by atoms with Crippen molar-refractivity contribution in [3.8, 4) is 0 Å². The second-order valence-corrected chi connectivity index (χ2v) is 2.29. The summed E-state index contributed by atoms with van der Waals surface area (Å²) in [4.78, 5) is 9.52. The van der Waals surface area contributed by atoms with Gasteiger partial charge in [0.15, 0.2) is 11.6 Å². The minimum absolute atomic E-state index is 0.0381. The Morgan fingerprint density at radius 3 is 2.38 bits per heavy atom. The highest BCUT2D eigenvalue weighted by Crippen LogP contribution is 2.22. The van der Waals surface area contributed by atoms with Crippen LogP contribution in [0, 0.1) is 21.7 Å². The lowest BCUT2D eigenvalue weighted by Gasteiger charge is -1.97. The number of nitrogens with zero attached hydrogens (tertiary/aromatic N) is 1. The van der Waals surface area contributed by atoms with E-state index in [1.54, 1.807) is 0 Å². The molecule has 0 radical (unpaired) electrons. The van der Waals surface area contributed by atoms with Crippen LogP contribution in [0.15, 0.2) is 18.7 Å². The Labute approximate surface area is 72.5 Å². The first-order valence-corrected chi connectivity index (χ1v) is 3.32. The fourth-order valence-corrected chi connectivity index (χ4v) is 0.873. The number of nitro benzene ring substituents is 1. The highest BCUT2D eigenvalue weighted by Gasteiger charge is 2.15. The predicted octanol–water partition coefficient (Wildman–Crippen LogP) is 2.52. The first-order chi connectivity index (χ1) is 6.06. The Morgan fingerprint density at radius 1 is 1.38 bits per heavy atom. The van der Waals surface area contributed by atoms with Crippen molar-refractivity contribution in [2.45, 2.75) is 0 Å². The lowest BCUT2D eigenvalue weighted by atomic mass is 10.1. The summed E-state index contributed by atoms with van der Waals surface area (Å²) in [5, 5.41) is 10.3. The van der Waals surface area contributed by atoms with Crippen molar-refractivity contribution in [3.05, 3.63) is 46.0 Å². The Balaban J connectivity index is 3.41. The van der Waals surface area contributed by atoms with Crippen LogP contribution in [0.1, 0.15) is 5.56 Å². The monoisotopic (exact) mass is 185 g/mol. The molecule has 0 aliphatic heterocycles. The van der Waals surface area contributed by atoms with Crippen LogP contribution in [0.2, 0.25) is 0 Å². The van der Waals surface area contributed by atoms with Crippen LogP contribution in [0.4, 0.5) is 14.5 Å². The molecule has 0 heterocycles. The third-order valence-corrected chi connectivity index (χ3v) is 1.49. The predicted molar refractivity (Wildman–Crippen MR) is 43.1 cm³/mol. The normalized spacial score (nSPS) is 9.69. The summed E-state index contributed by atoms with van der Waals surface area (Å²) in [5.41, 5.74) is -0.530. The van der Waals surface area contributed by atoms with Gasteiger partial charge in [-0.1, -0.05) is 12.7 Å². The molecular formula is C8H5F2NO2. The summed E-state index contributed by atoms with van der Waals surface area (Å²) in [6, 6.07) is 1.27. The van der Waals surface area contributed by atoms with Gasteiger partial charge in [0.1, 0.15) is 0 Å². The molecule has 0 saturated heterocycles. The van der Waals surface area contributed by atoms with Crippen LogP contribution in [0.5, 0.6) is 0 Å². The molecule has 0 fully saturated rings. The van der Waals surface area contributed by atoms with Crippen molar-refractivity contribution in [1.82, 2.24) is 0 Å². The van der Waals surface area contributed by atoms with E-state index in [0.717, 1.165) is 12.1 Å². The van der Waals surface area contributed by atoms with E-state index in [4.69, 9.17) is 0 Å². The van der Waals surface area contributed by atoms with E-state index in [-0.39, 0.29) is 5.56 Å². The van der Waals surface area contributed by atoms with Crippen molar-refractivity contribution in [1.29, 1.82) is 0 Å². The molecule has 1 aromatic carbocycles. The van der Waals surface area contributed by atoms with Gasteiger partial charge in [-0.25, -0.2) is 8.78 Å². The number of hydrogen-bond acceptors (Lipinski definition) is 2. The standard InChI is InChI=1S/C8H5F2NO2/c1-2-5-3-6(9)7(10)4-8(5)11(12)13/h2-4H,1H2. The van der Waals surface area contributed by atoms with E-state index in [1.807, 2.05) is 0 Å². The maximum atomic E-state index is 12.6. The molecular weight excluding hydrogens is 180 g/mol. The van der Waals surface area contributed by atoms with Crippen LogP contribution in [0.25, 0.3) is 6.08 Å². The van der Waals surface area contributed by atoms with E-state index in [0.29, 0.717) is 6.07 Å². The molecule has 0 amide bonds. The summed E-state index contributed by atoms with van der Waals surface area (Å²) in [6.07, 6.45) is 1.10. The first kappa shape index (κ1) is 9.31. The molecule has 0 aromatic heterocycles. The van der Waals surface area contributed by atoms with E-state index < -0.39 is 22.2 Å². The van der Waals surface area contributed by atoms with Crippen molar-refractivity contribution >= 4 is 11.8 Å². The van der Waals surface area contributed by atoms with E-state index in [1.165, 1.54) is 0 Å². The van der Waals surface area contributed by atoms with Gasteiger partial charge in [0.25, 0.3) is 5.69 Å². The molecule has 0 saturated carbocycles. The second kappa shape index (κ2) is 3.30. The zero-order valence-corrected chi connectivity index (χ0v) is 6.46. The highest BCUT2D eigenvalue weighted by atomic mass is 19.2. The van der Waals surface area contributed by atoms with Crippen LogP contribution in [0.3, 0.4) is 0 Å². The van der Waals surface area contributed by atoms with E-state index in [2.05, 4.69) is 6.58 Å². The summed E-state index contributed by atoms with van der Waals surface area (Å²) < 4.78 is 25.1. The molecule has 5 heteroatoms. The molecule has 0 atom stereocenters. The molecule has 1 aromatic rings. The number of nitro groups is 1. The Bertz CT molecular complexity index is 377. The van der Waals surface area contributed by atoms with Crippen molar-refractivity contribution in [3.63, 3.8) is 0 Å². The average Bonchev–Trinajstić information content (AvgIpc) is 2.08. The van der Waals surface area contributed by atoms with Gasteiger partial charge >= 0.3 is 0 Å². The van der Waals surface area contributed by atoms with Crippen LogP contribution in [-0.4, -0.2) is 4.92 Å². The minimum atomic E-state index is -1.24. The van der Waals surface area contributed by atoms with Gasteiger partial charge in [-0.3, -0.25) is 10.1 Å². The van der Waals surface area contributed by atoms with Crippen molar-refractivity contribution in [2.75, 3.05) is 0 Å². The lowest BCUT2D eigenvalue weighted by Crippen LogP contribution is -1.95. The lowest BCUT2D eigenvalue weighted by molar-refractivity contribution is -0.385. The number of halogens is 2.